The zero-order valence-electron chi connectivity index (χ0n) is 14.0. The summed E-state index contributed by atoms with van der Waals surface area (Å²) in [6.07, 6.45) is 0. The molecule has 0 saturated heterocycles. The first-order chi connectivity index (χ1) is 13.2. The van der Waals surface area contributed by atoms with Gasteiger partial charge < -0.3 is 10.1 Å². The van der Waals surface area contributed by atoms with Crippen molar-refractivity contribution in [3.8, 4) is 0 Å². The number of aromatic amines is 1. The Kier molecular flexibility index (Phi) is 4.63. The van der Waals surface area contributed by atoms with Gasteiger partial charge in [-0.25, -0.2) is 14.9 Å². The number of carbonyl (C=O) groups is 1. The van der Waals surface area contributed by atoms with Crippen molar-refractivity contribution in [2.24, 2.45) is 0 Å². The molecule has 0 saturated carbocycles. The second-order valence-electron chi connectivity index (χ2n) is 5.66. The molecule has 4 rings (SSSR count). The Balaban J connectivity index is 1.46. The zero-order valence-corrected chi connectivity index (χ0v) is 14.8. The van der Waals surface area contributed by atoms with E-state index in [1.165, 1.54) is 11.3 Å². The highest BCUT2D eigenvalue weighted by atomic mass is 32.1. The van der Waals surface area contributed by atoms with Gasteiger partial charge in [0, 0.05) is 16.5 Å². The van der Waals surface area contributed by atoms with Gasteiger partial charge in [0.25, 0.3) is 5.56 Å². The number of hydrogen-bond donors (Lipinski definition) is 2. The Morgan fingerprint density at radius 3 is 2.63 bits per heavy atom. The molecule has 0 aliphatic rings. The van der Waals surface area contributed by atoms with Crippen LogP contribution in [-0.2, 0) is 11.3 Å². The number of nitrogens with zero attached hydrogens (tertiary/aromatic N) is 2. The fourth-order valence-corrected chi connectivity index (χ4v) is 3.27. The highest BCUT2D eigenvalue weighted by Crippen LogP contribution is 2.21. The van der Waals surface area contributed by atoms with Crippen molar-refractivity contribution in [3.05, 3.63) is 81.7 Å². The molecule has 27 heavy (non-hydrogen) atoms. The van der Waals surface area contributed by atoms with E-state index < -0.39 is 5.97 Å². The van der Waals surface area contributed by atoms with Crippen molar-refractivity contribution in [2.75, 3.05) is 5.32 Å². The molecule has 0 aliphatic carbocycles. The number of hydrogen-bond acceptors (Lipinski definition) is 7. The molecule has 134 valence electrons. The summed E-state index contributed by atoms with van der Waals surface area (Å²) in [6, 6.07) is 16.4. The number of thiazole rings is 1. The van der Waals surface area contributed by atoms with Crippen molar-refractivity contribution < 1.29 is 9.53 Å². The summed E-state index contributed by atoms with van der Waals surface area (Å²) < 4.78 is 5.32. The summed E-state index contributed by atoms with van der Waals surface area (Å²) in [6.45, 7) is 0.0148. The molecule has 2 aromatic carbocycles. The number of anilines is 2. The highest BCUT2D eigenvalue weighted by molar-refractivity contribution is 7.13. The number of nitrogens with one attached hydrogen (secondary N) is 2. The molecule has 2 N–H and O–H groups in total. The Morgan fingerprint density at radius 1 is 1.07 bits per heavy atom. The number of fused-ring (bicyclic) bond motifs is 1. The maximum atomic E-state index is 12.4. The molecule has 0 radical (unpaired) electrons. The van der Waals surface area contributed by atoms with Crippen LogP contribution >= 0.6 is 11.3 Å². The van der Waals surface area contributed by atoms with Crippen LogP contribution in [0.1, 0.15) is 16.2 Å². The maximum absolute atomic E-state index is 12.4. The van der Waals surface area contributed by atoms with Crippen LogP contribution in [0.4, 0.5) is 10.8 Å². The van der Waals surface area contributed by atoms with Crippen LogP contribution in [-0.4, -0.2) is 21.2 Å². The molecule has 8 heteroatoms. The third-order valence-electron chi connectivity index (χ3n) is 3.82. The predicted molar refractivity (Wildman–Crippen MR) is 103 cm³/mol. The third-order valence-corrected chi connectivity index (χ3v) is 4.62. The molecule has 0 atom stereocenters. The Bertz CT molecular complexity index is 1150. The Hall–Kier alpha value is -3.52. The third kappa shape index (κ3) is 3.70. The molecule has 0 fully saturated rings. The lowest BCUT2D eigenvalue weighted by Gasteiger charge is -2.05. The van der Waals surface area contributed by atoms with E-state index in [1.807, 2.05) is 35.7 Å². The summed E-state index contributed by atoms with van der Waals surface area (Å²) in [7, 11) is 0. The summed E-state index contributed by atoms with van der Waals surface area (Å²) in [5.74, 6) is -0.618. The van der Waals surface area contributed by atoms with Gasteiger partial charge in [-0.3, -0.25) is 4.79 Å². The van der Waals surface area contributed by atoms with Crippen LogP contribution in [0.15, 0.2) is 64.8 Å². The molecular formula is C19H14N4O3S. The molecule has 0 spiro atoms. The van der Waals surface area contributed by atoms with E-state index in [1.54, 1.807) is 24.3 Å². The van der Waals surface area contributed by atoms with Crippen LogP contribution in [0, 0.1) is 0 Å². The van der Waals surface area contributed by atoms with Crippen molar-refractivity contribution in [3.63, 3.8) is 0 Å². The van der Waals surface area contributed by atoms with Gasteiger partial charge in [0.2, 0.25) is 0 Å². The summed E-state index contributed by atoms with van der Waals surface area (Å²) >= 11 is 1.42. The minimum absolute atomic E-state index is 0.0148. The van der Waals surface area contributed by atoms with E-state index in [4.69, 9.17) is 4.74 Å². The number of aromatic nitrogens is 3. The smallest absolute Gasteiger partial charge is 0.359 e. The summed E-state index contributed by atoms with van der Waals surface area (Å²) in [5.41, 5.74) is 1.28. The normalized spacial score (nSPS) is 10.7. The first kappa shape index (κ1) is 16.9. The number of para-hydroxylation sites is 1. The van der Waals surface area contributed by atoms with Crippen molar-refractivity contribution in [2.45, 2.75) is 6.61 Å². The zero-order chi connectivity index (χ0) is 18.6. The van der Waals surface area contributed by atoms with E-state index in [9.17, 15) is 9.59 Å². The quantitative estimate of drug-likeness (QED) is 0.516. The fourth-order valence-electron chi connectivity index (χ4n) is 2.55. The lowest BCUT2D eigenvalue weighted by atomic mass is 10.1. The summed E-state index contributed by atoms with van der Waals surface area (Å²) in [4.78, 5) is 28.6. The standard InChI is InChI=1S/C19H14N4O3S/c24-17-15-9-5-4-8-14(15)16(22-23-17)18(25)26-10-13-11-27-19(21-13)20-12-6-2-1-3-7-12/h1-9,11H,10H2,(H,20,21)(H,23,24). The molecule has 2 aromatic heterocycles. The summed E-state index contributed by atoms with van der Waals surface area (Å²) in [5, 5.41) is 12.7. The van der Waals surface area contributed by atoms with Crippen molar-refractivity contribution in [1.29, 1.82) is 0 Å². The average Bonchev–Trinajstić information content (AvgIpc) is 3.15. The van der Waals surface area contributed by atoms with Gasteiger partial charge in [-0.2, -0.15) is 5.10 Å². The van der Waals surface area contributed by atoms with Gasteiger partial charge in [-0.1, -0.05) is 36.4 Å². The fraction of sp³-hybridized carbons (Fsp3) is 0.0526. The van der Waals surface area contributed by atoms with Crippen molar-refractivity contribution in [1.82, 2.24) is 15.2 Å². The number of carbonyl (C=O) groups excluding carboxylic acids is 1. The number of benzene rings is 2. The predicted octanol–water partition coefficient (Wildman–Crippen LogP) is 3.48. The molecule has 0 unspecified atom stereocenters. The lowest BCUT2D eigenvalue weighted by Crippen LogP contribution is -2.16. The van der Waals surface area contributed by atoms with Gasteiger partial charge >= 0.3 is 5.97 Å². The van der Waals surface area contributed by atoms with Crippen molar-refractivity contribution >= 4 is 38.9 Å². The van der Waals surface area contributed by atoms with Gasteiger partial charge in [-0.15, -0.1) is 11.3 Å². The SMILES string of the molecule is O=C(OCc1csc(Nc2ccccc2)n1)c1n[nH]c(=O)c2ccccc12. The largest absolute Gasteiger partial charge is 0.454 e. The first-order valence-corrected chi connectivity index (χ1v) is 9.00. The van der Waals surface area contributed by atoms with Crippen LogP contribution in [0.25, 0.3) is 10.8 Å². The number of ether oxygens (including phenoxy) is 1. The highest BCUT2D eigenvalue weighted by Gasteiger charge is 2.16. The van der Waals surface area contributed by atoms with Crippen LogP contribution in [0.3, 0.4) is 0 Å². The van der Waals surface area contributed by atoms with E-state index in [2.05, 4.69) is 20.5 Å². The van der Waals surface area contributed by atoms with Gasteiger partial charge in [-0.05, 0) is 18.2 Å². The molecule has 0 bridgehead atoms. The topological polar surface area (TPSA) is 97.0 Å². The average molecular weight is 378 g/mol. The minimum Gasteiger partial charge on any atom is -0.454 e. The van der Waals surface area contributed by atoms with Gasteiger partial charge in [0.1, 0.15) is 6.61 Å². The van der Waals surface area contributed by atoms with Crippen LogP contribution in [0.2, 0.25) is 0 Å². The molecule has 7 nitrogen and oxygen atoms in total. The molecule has 2 heterocycles. The van der Waals surface area contributed by atoms with Crippen LogP contribution < -0.4 is 10.9 Å². The molecule has 0 aliphatic heterocycles. The number of rotatable bonds is 5. The Morgan fingerprint density at radius 2 is 1.81 bits per heavy atom. The van der Waals surface area contributed by atoms with Crippen LogP contribution in [0.5, 0.6) is 0 Å². The Labute approximate surface area is 157 Å². The molecule has 0 amide bonds. The first-order valence-electron chi connectivity index (χ1n) is 8.12. The number of H-pyrrole nitrogens is 1. The monoisotopic (exact) mass is 378 g/mol. The second kappa shape index (κ2) is 7.38. The van der Waals surface area contributed by atoms with E-state index in [0.717, 1.165) is 5.69 Å². The van der Waals surface area contributed by atoms with E-state index >= 15 is 0 Å². The molecule has 4 aromatic rings. The van der Waals surface area contributed by atoms with E-state index in [0.29, 0.717) is 21.6 Å². The molecular weight excluding hydrogens is 364 g/mol. The lowest BCUT2D eigenvalue weighted by molar-refractivity contribution is 0.0463. The second-order valence-corrected chi connectivity index (χ2v) is 6.52. The van der Waals surface area contributed by atoms with E-state index in [-0.39, 0.29) is 17.9 Å². The van der Waals surface area contributed by atoms with Gasteiger partial charge in [0.05, 0.1) is 11.1 Å². The minimum atomic E-state index is -0.618. The number of esters is 1. The maximum Gasteiger partial charge on any atom is 0.359 e. The van der Waals surface area contributed by atoms with Gasteiger partial charge in [0.15, 0.2) is 10.8 Å².